The standard InChI is InChI=1S/C9H19NO8/c1-3(12)8(17)10-9(18)7(16)6(15)5(14)4(13)2-11/h3-8,11-17H,2H2,1H3,(H,10,18)/t3?,4-,5-,6+,7-,8?/m1/s1. The van der Waals surface area contributed by atoms with Gasteiger partial charge in [0.1, 0.15) is 18.3 Å². The molecule has 6 atom stereocenters. The lowest BCUT2D eigenvalue weighted by molar-refractivity contribution is -0.153. The largest absolute Gasteiger partial charge is 0.394 e. The Balaban J connectivity index is 4.45. The number of hydrogen-bond donors (Lipinski definition) is 8. The second-order valence-corrected chi connectivity index (χ2v) is 3.87. The van der Waals surface area contributed by atoms with E-state index in [0.717, 1.165) is 0 Å². The van der Waals surface area contributed by atoms with Gasteiger partial charge in [0.15, 0.2) is 12.3 Å². The van der Waals surface area contributed by atoms with Crippen LogP contribution in [0.3, 0.4) is 0 Å². The van der Waals surface area contributed by atoms with Gasteiger partial charge in [-0.15, -0.1) is 0 Å². The molecule has 1 amide bonds. The van der Waals surface area contributed by atoms with Gasteiger partial charge in [-0.1, -0.05) is 0 Å². The van der Waals surface area contributed by atoms with Gasteiger partial charge in [-0.2, -0.15) is 0 Å². The molecule has 0 fully saturated rings. The Morgan fingerprint density at radius 1 is 1.06 bits per heavy atom. The molecule has 8 N–H and O–H groups in total. The van der Waals surface area contributed by atoms with Crippen LogP contribution >= 0.6 is 0 Å². The van der Waals surface area contributed by atoms with E-state index >= 15 is 0 Å². The summed E-state index contributed by atoms with van der Waals surface area (Å²) >= 11 is 0. The lowest BCUT2D eigenvalue weighted by Gasteiger charge is -2.26. The van der Waals surface area contributed by atoms with Crippen molar-refractivity contribution >= 4 is 5.91 Å². The molecule has 0 aromatic heterocycles. The van der Waals surface area contributed by atoms with Gasteiger partial charge in [0, 0.05) is 0 Å². The number of carbonyl (C=O) groups is 1. The van der Waals surface area contributed by atoms with Gasteiger partial charge in [0.25, 0.3) is 5.91 Å². The van der Waals surface area contributed by atoms with Crippen molar-refractivity contribution in [3.8, 4) is 0 Å². The quantitative estimate of drug-likeness (QED) is 0.213. The molecule has 18 heavy (non-hydrogen) atoms. The molecule has 0 aromatic rings. The van der Waals surface area contributed by atoms with Crippen molar-refractivity contribution in [3.63, 3.8) is 0 Å². The molecule has 9 nitrogen and oxygen atoms in total. The number of aliphatic hydroxyl groups excluding tert-OH is 7. The third kappa shape index (κ3) is 4.82. The van der Waals surface area contributed by atoms with E-state index < -0.39 is 49.3 Å². The average molecular weight is 269 g/mol. The zero-order chi connectivity index (χ0) is 14.5. The van der Waals surface area contributed by atoms with Crippen molar-refractivity contribution in [2.24, 2.45) is 0 Å². The molecule has 0 aromatic carbocycles. The third-order valence-electron chi connectivity index (χ3n) is 2.27. The molecular weight excluding hydrogens is 250 g/mol. The lowest BCUT2D eigenvalue weighted by Crippen LogP contribution is -2.54. The first-order valence-electron chi connectivity index (χ1n) is 5.22. The number of nitrogens with one attached hydrogen (secondary N) is 1. The van der Waals surface area contributed by atoms with Crippen LogP contribution in [0.25, 0.3) is 0 Å². The fourth-order valence-corrected chi connectivity index (χ4v) is 1.03. The van der Waals surface area contributed by atoms with Gasteiger partial charge in [0.2, 0.25) is 0 Å². The van der Waals surface area contributed by atoms with Crippen LogP contribution < -0.4 is 5.32 Å². The molecule has 0 heterocycles. The van der Waals surface area contributed by atoms with Crippen LogP contribution in [0.5, 0.6) is 0 Å². The third-order valence-corrected chi connectivity index (χ3v) is 2.27. The van der Waals surface area contributed by atoms with E-state index in [1.807, 2.05) is 0 Å². The average Bonchev–Trinajstić information content (AvgIpc) is 2.34. The Morgan fingerprint density at radius 2 is 1.56 bits per heavy atom. The number of hydrogen-bond acceptors (Lipinski definition) is 8. The highest BCUT2D eigenvalue weighted by atomic mass is 16.4. The summed E-state index contributed by atoms with van der Waals surface area (Å²) in [6, 6.07) is 0. The van der Waals surface area contributed by atoms with E-state index in [4.69, 9.17) is 20.4 Å². The molecule has 0 spiro atoms. The molecule has 0 bridgehead atoms. The highest BCUT2D eigenvalue weighted by Crippen LogP contribution is 2.05. The highest BCUT2D eigenvalue weighted by Gasteiger charge is 2.34. The fourth-order valence-electron chi connectivity index (χ4n) is 1.03. The molecule has 108 valence electrons. The SMILES string of the molecule is CC(O)C(O)NC(=O)[C@H](O)[C@@H](O)[C@H](O)[C@H](O)CO. The first-order valence-corrected chi connectivity index (χ1v) is 5.22. The maximum Gasteiger partial charge on any atom is 0.253 e. The second-order valence-electron chi connectivity index (χ2n) is 3.87. The number of amides is 1. The minimum atomic E-state index is -2.14. The van der Waals surface area contributed by atoms with E-state index in [0.29, 0.717) is 0 Å². The van der Waals surface area contributed by atoms with E-state index in [1.54, 1.807) is 5.32 Å². The van der Waals surface area contributed by atoms with Gasteiger partial charge in [0.05, 0.1) is 12.7 Å². The predicted octanol–water partition coefficient (Wildman–Crippen LogP) is -4.76. The van der Waals surface area contributed by atoms with E-state index in [-0.39, 0.29) is 0 Å². The molecule has 0 rings (SSSR count). The molecule has 9 heteroatoms. The van der Waals surface area contributed by atoms with Crippen LogP contribution in [0.2, 0.25) is 0 Å². The van der Waals surface area contributed by atoms with Crippen LogP contribution in [-0.2, 0) is 4.79 Å². The first kappa shape index (κ1) is 17.2. The Hall–Kier alpha value is -0.810. The smallest absolute Gasteiger partial charge is 0.253 e. The van der Waals surface area contributed by atoms with Crippen molar-refractivity contribution in [2.45, 2.75) is 43.7 Å². The topological polar surface area (TPSA) is 171 Å². The van der Waals surface area contributed by atoms with Crippen LogP contribution in [0.15, 0.2) is 0 Å². The summed E-state index contributed by atoms with van der Waals surface area (Å²) in [5.41, 5.74) is 0. The Kier molecular flexibility index (Phi) is 7.25. The second kappa shape index (κ2) is 7.59. The number of carbonyl (C=O) groups excluding carboxylic acids is 1. The Bertz CT molecular complexity index is 261. The summed E-state index contributed by atoms with van der Waals surface area (Å²) in [6.45, 7) is 0.307. The summed E-state index contributed by atoms with van der Waals surface area (Å²) in [7, 11) is 0. The maximum absolute atomic E-state index is 11.3. The first-order chi connectivity index (χ1) is 8.22. The predicted molar refractivity (Wildman–Crippen MR) is 56.9 cm³/mol. The van der Waals surface area contributed by atoms with Crippen molar-refractivity contribution in [1.82, 2.24) is 5.32 Å². The normalized spacial score (nSPS) is 21.6. The zero-order valence-corrected chi connectivity index (χ0v) is 9.71. The van der Waals surface area contributed by atoms with Crippen molar-refractivity contribution < 1.29 is 40.5 Å². The molecular formula is C9H19NO8. The van der Waals surface area contributed by atoms with Crippen LogP contribution in [0.1, 0.15) is 6.92 Å². The molecule has 0 aliphatic rings. The molecule has 0 aliphatic carbocycles. The fraction of sp³-hybridized carbons (Fsp3) is 0.889. The van der Waals surface area contributed by atoms with Crippen molar-refractivity contribution in [2.75, 3.05) is 6.61 Å². The van der Waals surface area contributed by atoms with Crippen LogP contribution in [0, 0.1) is 0 Å². The summed E-state index contributed by atoms with van der Waals surface area (Å²) in [5, 5.41) is 65.2. The number of rotatable bonds is 7. The summed E-state index contributed by atoms with van der Waals surface area (Å²) in [4.78, 5) is 11.3. The summed E-state index contributed by atoms with van der Waals surface area (Å²) < 4.78 is 0. The summed E-state index contributed by atoms with van der Waals surface area (Å²) in [5.74, 6) is -1.25. The van der Waals surface area contributed by atoms with Gasteiger partial charge in [-0.05, 0) is 6.92 Å². The number of aliphatic hydroxyl groups is 7. The highest BCUT2D eigenvalue weighted by molar-refractivity contribution is 5.81. The van der Waals surface area contributed by atoms with Crippen LogP contribution in [-0.4, -0.2) is 85.0 Å². The van der Waals surface area contributed by atoms with Gasteiger partial charge in [-0.3, -0.25) is 4.79 Å². The Labute approximate surface area is 103 Å². The van der Waals surface area contributed by atoms with Crippen molar-refractivity contribution in [3.05, 3.63) is 0 Å². The van der Waals surface area contributed by atoms with Gasteiger partial charge >= 0.3 is 0 Å². The monoisotopic (exact) mass is 269 g/mol. The lowest BCUT2D eigenvalue weighted by atomic mass is 10.0. The molecule has 0 saturated carbocycles. The van der Waals surface area contributed by atoms with Gasteiger partial charge < -0.3 is 41.1 Å². The van der Waals surface area contributed by atoms with E-state index in [1.165, 1.54) is 6.92 Å². The molecule has 2 unspecified atom stereocenters. The zero-order valence-electron chi connectivity index (χ0n) is 9.71. The molecule has 0 aliphatic heterocycles. The van der Waals surface area contributed by atoms with E-state index in [2.05, 4.69) is 0 Å². The van der Waals surface area contributed by atoms with Gasteiger partial charge in [-0.25, -0.2) is 0 Å². The molecule has 0 radical (unpaired) electrons. The maximum atomic E-state index is 11.3. The van der Waals surface area contributed by atoms with Crippen LogP contribution in [0.4, 0.5) is 0 Å². The van der Waals surface area contributed by atoms with E-state index in [9.17, 15) is 20.1 Å². The molecule has 0 saturated heterocycles. The minimum absolute atomic E-state index is 0.872. The minimum Gasteiger partial charge on any atom is -0.394 e. The summed E-state index contributed by atoms with van der Waals surface area (Å²) in [6.07, 6.45) is -10.8. The van der Waals surface area contributed by atoms with Crippen molar-refractivity contribution in [1.29, 1.82) is 0 Å². The Morgan fingerprint density at radius 3 is 1.94 bits per heavy atom.